The topological polar surface area (TPSA) is 62.5 Å². The fourth-order valence-corrected chi connectivity index (χ4v) is 1.27. The molecule has 0 radical (unpaired) electrons. The maximum Gasteiger partial charge on any atom is 0.162 e. The van der Waals surface area contributed by atoms with Gasteiger partial charge in [0.15, 0.2) is 17.6 Å². The Morgan fingerprint density at radius 1 is 1.50 bits per heavy atom. The van der Waals surface area contributed by atoms with Gasteiger partial charge < -0.3 is 14.6 Å². The van der Waals surface area contributed by atoms with E-state index in [0.29, 0.717) is 23.7 Å². The van der Waals surface area contributed by atoms with Crippen LogP contribution in [-0.4, -0.2) is 24.4 Å². The molecule has 0 aliphatic carbocycles. The van der Waals surface area contributed by atoms with E-state index in [-0.39, 0.29) is 12.7 Å². The minimum atomic E-state index is -0.310. The number of fused-ring (bicyclic) bond motifs is 1. The number of benzene rings is 1. The molecule has 1 aliphatic heterocycles. The molecule has 2 rings (SSSR count). The Kier molecular flexibility index (Phi) is 2.25. The summed E-state index contributed by atoms with van der Waals surface area (Å²) in [5.41, 5.74) is 0.537. The van der Waals surface area contributed by atoms with Gasteiger partial charge in [0.05, 0.1) is 18.2 Å². The van der Waals surface area contributed by atoms with E-state index in [9.17, 15) is 0 Å². The summed E-state index contributed by atoms with van der Waals surface area (Å²) in [5, 5.41) is 17.5. The summed E-state index contributed by atoms with van der Waals surface area (Å²) in [6.07, 6.45) is -0.310. The van der Waals surface area contributed by atoms with Crippen molar-refractivity contribution >= 4 is 0 Å². The molecule has 0 saturated heterocycles. The molecule has 1 unspecified atom stereocenters. The second kappa shape index (κ2) is 3.56. The second-order valence-corrected chi connectivity index (χ2v) is 3.01. The van der Waals surface area contributed by atoms with Crippen molar-refractivity contribution in [2.24, 2.45) is 0 Å². The summed E-state index contributed by atoms with van der Waals surface area (Å²) in [7, 11) is 0. The lowest BCUT2D eigenvalue weighted by Gasteiger charge is -2.24. The third-order valence-electron chi connectivity index (χ3n) is 1.99. The molecule has 1 atom stereocenters. The first-order valence-electron chi connectivity index (χ1n) is 4.28. The van der Waals surface area contributed by atoms with Crippen LogP contribution in [-0.2, 0) is 0 Å². The minimum absolute atomic E-state index is 0.0700. The third-order valence-corrected chi connectivity index (χ3v) is 1.99. The van der Waals surface area contributed by atoms with Crippen molar-refractivity contribution in [3.63, 3.8) is 0 Å². The van der Waals surface area contributed by atoms with Crippen LogP contribution in [0.2, 0.25) is 0 Å². The highest BCUT2D eigenvalue weighted by atomic mass is 16.6. The van der Waals surface area contributed by atoms with Gasteiger partial charge in [0, 0.05) is 6.07 Å². The van der Waals surface area contributed by atoms with Gasteiger partial charge in [-0.1, -0.05) is 0 Å². The van der Waals surface area contributed by atoms with E-state index < -0.39 is 0 Å². The highest BCUT2D eigenvalue weighted by Gasteiger charge is 2.20. The van der Waals surface area contributed by atoms with E-state index in [4.69, 9.17) is 19.8 Å². The zero-order valence-corrected chi connectivity index (χ0v) is 7.43. The molecular weight excluding hydrogens is 182 g/mol. The molecule has 1 N–H and O–H groups in total. The summed E-state index contributed by atoms with van der Waals surface area (Å²) in [6.45, 7) is 0.248. The normalized spacial score (nSPS) is 18.7. The number of aliphatic hydroxyl groups is 1. The average molecular weight is 191 g/mol. The van der Waals surface area contributed by atoms with E-state index in [2.05, 4.69) is 0 Å². The average Bonchev–Trinajstić information content (AvgIpc) is 2.27. The lowest BCUT2D eigenvalue weighted by Crippen LogP contribution is -2.32. The summed E-state index contributed by atoms with van der Waals surface area (Å²) in [4.78, 5) is 0. The molecule has 1 aromatic carbocycles. The zero-order valence-electron chi connectivity index (χ0n) is 7.43. The van der Waals surface area contributed by atoms with Crippen molar-refractivity contribution < 1.29 is 14.6 Å². The third kappa shape index (κ3) is 1.50. The number of rotatable bonds is 1. The van der Waals surface area contributed by atoms with Crippen molar-refractivity contribution in [1.29, 1.82) is 5.26 Å². The quantitative estimate of drug-likeness (QED) is 0.709. The van der Waals surface area contributed by atoms with Crippen molar-refractivity contribution in [2.75, 3.05) is 13.2 Å². The molecule has 1 heterocycles. The van der Waals surface area contributed by atoms with E-state index >= 15 is 0 Å². The van der Waals surface area contributed by atoms with Gasteiger partial charge in [0.25, 0.3) is 0 Å². The van der Waals surface area contributed by atoms with Crippen LogP contribution in [0.15, 0.2) is 18.2 Å². The molecule has 0 saturated carbocycles. The Labute approximate surface area is 81.3 Å². The van der Waals surface area contributed by atoms with Gasteiger partial charge in [-0.05, 0) is 12.1 Å². The summed E-state index contributed by atoms with van der Waals surface area (Å²) in [6, 6.07) is 6.98. The molecule has 0 aromatic heterocycles. The fraction of sp³-hybridized carbons (Fsp3) is 0.300. The Morgan fingerprint density at radius 3 is 3.07 bits per heavy atom. The lowest BCUT2D eigenvalue weighted by atomic mass is 10.2. The lowest BCUT2D eigenvalue weighted by molar-refractivity contribution is 0.0456. The van der Waals surface area contributed by atoms with E-state index in [1.165, 1.54) is 0 Å². The van der Waals surface area contributed by atoms with Crippen LogP contribution in [0.4, 0.5) is 0 Å². The minimum Gasteiger partial charge on any atom is -0.486 e. The molecule has 0 spiro atoms. The molecule has 1 aliphatic rings. The molecule has 4 heteroatoms. The first-order chi connectivity index (χ1) is 6.83. The summed E-state index contributed by atoms with van der Waals surface area (Å²) >= 11 is 0. The van der Waals surface area contributed by atoms with Crippen molar-refractivity contribution in [1.82, 2.24) is 0 Å². The van der Waals surface area contributed by atoms with Crippen molar-refractivity contribution in [3.05, 3.63) is 23.8 Å². The largest absolute Gasteiger partial charge is 0.486 e. The van der Waals surface area contributed by atoms with Gasteiger partial charge in [-0.3, -0.25) is 0 Å². The molecule has 14 heavy (non-hydrogen) atoms. The number of nitriles is 1. The number of aliphatic hydroxyl groups excluding tert-OH is 1. The number of ether oxygens (including phenoxy) is 2. The predicted octanol–water partition coefficient (Wildman–Crippen LogP) is 0.690. The van der Waals surface area contributed by atoms with Crippen LogP contribution in [0.3, 0.4) is 0 Å². The molecule has 72 valence electrons. The Hall–Kier alpha value is -1.73. The highest BCUT2D eigenvalue weighted by molar-refractivity contribution is 5.47. The number of hydrogen-bond donors (Lipinski definition) is 1. The van der Waals surface area contributed by atoms with Crippen LogP contribution in [0.1, 0.15) is 5.56 Å². The Morgan fingerprint density at radius 2 is 2.36 bits per heavy atom. The van der Waals surface area contributed by atoms with E-state index in [1.807, 2.05) is 6.07 Å². The molecule has 0 amide bonds. The van der Waals surface area contributed by atoms with Gasteiger partial charge in [-0.2, -0.15) is 5.26 Å². The van der Waals surface area contributed by atoms with E-state index in [0.717, 1.165) is 0 Å². The van der Waals surface area contributed by atoms with Gasteiger partial charge in [-0.15, -0.1) is 0 Å². The molecule has 0 fully saturated rings. The first kappa shape index (κ1) is 8.85. The highest BCUT2D eigenvalue weighted by Crippen LogP contribution is 2.32. The Bertz CT molecular complexity index is 383. The maximum atomic E-state index is 8.86. The van der Waals surface area contributed by atoms with Gasteiger partial charge in [-0.25, -0.2) is 0 Å². The predicted molar refractivity (Wildman–Crippen MR) is 48.2 cm³/mol. The van der Waals surface area contributed by atoms with E-state index in [1.54, 1.807) is 18.2 Å². The van der Waals surface area contributed by atoms with Crippen LogP contribution < -0.4 is 9.47 Å². The van der Waals surface area contributed by atoms with Crippen LogP contribution in [0, 0.1) is 11.3 Å². The maximum absolute atomic E-state index is 8.86. The van der Waals surface area contributed by atoms with Crippen molar-refractivity contribution in [3.8, 4) is 17.6 Å². The van der Waals surface area contributed by atoms with Crippen molar-refractivity contribution in [2.45, 2.75) is 6.10 Å². The van der Waals surface area contributed by atoms with Crippen LogP contribution >= 0.6 is 0 Å². The number of nitrogens with zero attached hydrogens (tertiary/aromatic N) is 1. The molecule has 1 aromatic rings. The second-order valence-electron chi connectivity index (χ2n) is 3.01. The van der Waals surface area contributed by atoms with Crippen LogP contribution in [0.25, 0.3) is 0 Å². The monoisotopic (exact) mass is 191 g/mol. The van der Waals surface area contributed by atoms with Crippen LogP contribution in [0.5, 0.6) is 11.5 Å². The fourth-order valence-electron chi connectivity index (χ4n) is 1.27. The first-order valence-corrected chi connectivity index (χ1v) is 4.28. The standard InChI is InChI=1S/C10H9NO3/c11-4-7-1-2-9-10(3-7)13-6-8(5-12)14-9/h1-3,8,12H,5-6H2. The van der Waals surface area contributed by atoms with Gasteiger partial charge in [0.1, 0.15) is 6.61 Å². The molecular formula is C10H9NO3. The zero-order chi connectivity index (χ0) is 9.97. The summed E-state index contributed by atoms with van der Waals surface area (Å²) < 4.78 is 10.7. The molecule has 4 nitrogen and oxygen atoms in total. The van der Waals surface area contributed by atoms with Gasteiger partial charge >= 0.3 is 0 Å². The smallest absolute Gasteiger partial charge is 0.162 e. The SMILES string of the molecule is N#Cc1ccc2c(c1)OCC(CO)O2. The van der Waals surface area contributed by atoms with Gasteiger partial charge in [0.2, 0.25) is 0 Å². The Balaban J connectivity index is 2.29. The molecule has 0 bridgehead atoms. The number of hydrogen-bond acceptors (Lipinski definition) is 4. The summed E-state index contributed by atoms with van der Waals surface area (Å²) in [5.74, 6) is 1.14.